The number of halogens is 2. The Morgan fingerprint density at radius 1 is 1.52 bits per heavy atom. The van der Waals surface area contributed by atoms with Gasteiger partial charge in [0.05, 0.1) is 6.54 Å². The number of nitrogens with one attached hydrogen (secondary N) is 2. The number of nitrogens with zero attached hydrogens (tertiary/aromatic N) is 2. The minimum absolute atomic E-state index is 0.0279. The van der Waals surface area contributed by atoms with E-state index in [9.17, 15) is 18.7 Å². The Morgan fingerprint density at radius 2 is 2.29 bits per heavy atom. The first-order chi connectivity index (χ1) is 9.88. The summed E-state index contributed by atoms with van der Waals surface area (Å²) in [5, 5.41) is 23.0. The van der Waals surface area contributed by atoms with Gasteiger partial charge in [0.25, 0.3) is 6.43 Å². The van der Waals surface area contributed by atoms with E-state index in [2.05, 4.69) is 20.8 Å². The number of carbonyl (C=O) groups excluding carboxylic acids is 1. The Hall–Kier alpha value is -1.65. The molecule has 2 aromatic heterocycles. The molecule has 2 aromatic rings. The van der Waals surface area contributed by atoms with Gasteiger partial charge in [-0.25, -0.2) is 13.6 Å². The van der Waals surface area contributed by atoms with Crippen molar-refractivity contribution in [2.75, 3.05) is 11.9 Å². The smallest absolute Gasteiger partial charge is 0.321 e. The molecule has 0 fully saturated rings. The maximum atomic E-state index is 12.3. The summed E-state index contributed by atoms with van der Waals surface area (Å²) in [6.45, 7) is 1.54. The summed E-state index contributed by atoms with van der Waals surface area (Å²) in [6, 6.07) is 2.90. The van der Waals surface area contributed by atoms with E-state index in [-0.39, 0.29) is 11.7 Å². The van der Waals surface area contributed by atoms with Gasteiger partial charge in [-0.1, -0.05) is 17.4 Å². The third kappa shape index (κ3) is 4.16. The van der Waals surface area contributed by atoms with Crippen LogP contribution in [0.2, 0.25) is 0 Å². The molecule has 0 aliphatic rings. The van der Waals surface area contributed by atoms with Crippen molar-refractivity contribution in [3.63, 3.8) is 0 Å². The van der Waals surface area contributed by atoms with E-state index in [1.54, 1.807) is 19.1 Å². The lowest BCUT2D eigenvalue weighted by atomic mass is 10.1. The van der Waals surface area contributed by atoms with E-state index in [1.807, 2.05) is 5.38 Å². The van der Waals surface area contributed by atoms with Gasteiger partial charge in [0, 0.05) is 4.88 Å². The van der Waals surface area contributed by atoms with Crippen LogP contribution >= 0.6 is 22.7 Å². The molecule has 0 aliphatic heterocycles. The minimum Gasteiger partial charge on any atom is -0.383 e. The predicted molar refractivity (Wildman–Crippen MR) is 75.8 cm³/mol. The molecule has 2 amide bonds. The second kappa shape index (κ2) is 6.41. The maximum absolute atomic E-state index is 12.3. The molecule has 0 saturated carbocycles. The lowest BCUT2D eigenvalue weighted by molar-refractivity contribution is 0.0637. The molecule has 10 heteroatoms. The van der Waals surface area contributed by atoms with Crippen LogP contribution in [-0.2, 0) is 5.60 Å². The van der Waals surface area contributed by atoms with Gasteiger partial charge in [0.2, 0.25) is 5.13 Å². The highest BCUT2D eigenvalue weighted by atomic mass is 32.1. The number of aromatic nitrogens is 2. The highest BCUT2D eigenvalue weighted by Gasteiger charge is 2.25. The van der Waals surface area contributed by atoms with E-state index >= 15 is 0 Å². The van der Waals surface area contributed by atoms with Crippen LogP contribution in [0.5, 0.6) is 0 Å². The van der Waals surface area contributed by atoms with Crippen LogP contribution in [0, 0.1) is 0 Å². The van der Waals surface area contributed by atoms with Crippen molar-refractivity contribution in [2.24, 2.45) is 0 Å². The summed E-state index contributed by atoms with van der Waals surface area (Å²) in [5.41, 5.74) is -1.21. The number of aliphatic hydroxyl groups is 1. The van der Waals surface area contributed by atoms with Crippen molar-refractivity contribution >= 4 is 33.8 Å². The first-order valence-corrected chi connectivity index (χ1v) is 7.51. The number of alkyl halides is 2. The quantitative estimate of drug-likeness (QED) is 0.784. The maximum Gasteiger partial charge on any atom is 0.321 e. The number of carbonyl (C=O) groups is 1. The van der Waals surface area contributed by atoms with E-state index in [0.29, 0.717) is 16.2 Å². The van der Waals surface area contributed by atoms with Crippen LogP contribution in [0.3, 0.4) is 0 Å². The van der Waals surface area contributed by atoms with Crippen LogP contribution in [-0.4, -0.2) is 27.9 Å². The van der Waals surface area contributed by atoms with E-state index < -0.39 is 23.1 Å². The molecule has 114 valence electrons. The molecule has 1 atom stereocenters. The molecule has 0 bridgehead atoms. The van der Waals surface area contributed by atoms with Gasteiger partial charge in [-0.3, -0.25) is 5.32 Å². The Balaban J connectivity index is 1.87. The molecule has 0 spiro atoms. The van der Waals surface area contributed by atoms with Gasteiger partial charge in [-0.15, -0.1) is 21.5 Å². The van der Waals surface area contributed by atoms with Crippen LogP contribution in [0.1, 0.15) is 23.2 Å². The normalized spacial score (nSPS) is 14.0. The summed E-state index contributed by atoms with van der Waals surface area (Å²) < 4.78 is 24.7. The Morgan fingerprint density at radius 3 is 2.86 bits per heavy atom. The molecule has 2 heterocycles. The van der Waals surface area contributed by atoms with Crippen LogP contribution < -0.4 is 10.6 Å². The molecule has 6 nitrogen and oxygen atoms in total. The van der Waals surface area contributed by atoms with Crippen molar-refractivity contribution in [3.05, 3.63) is 27.4 Å². The number of rotatable bonds is 5. The molecular formula is C11H12F2N4O2S2. The van der Waals surface area contributed by atoms with Gasteiger partial charge >= 0.3 is 6.03 Å². The fraction of sp³-hybridized carbons (Fsp3) is 0.364. The largest absolute Gasteiger partial charge is 0.383 e. The molecule has 0 aromatic carbocycles. The van der Waals surface area contributed by atoms with Gasteiger partial charge in [0.1, 0.15) is 5.60 Å². The molecule has 0 aliphatic carbocycles. The number of amides is 2. The molecule has 0 radical (unpaired) electrons. The molecule has 3 N–H and O–H groups in total. The Labute approximate surface area is 126 Å². The van der Waals surface area contributed by atoms with E-state index in [0.717, 1.165) is 0 Å². The molecular weight excluding hydrogens is 322 g/mol. The van der Waals surface area contributed by atoms with Crippen molar-refractivity contribution in [1.29, 1.82) is 0 Å². The average Bonchev–Trinajstić information content (AvgIpc) is 3.07. The molecule has 0 saturated heterocycles. The minimum atomic E-state index is -2.72. The zero-order valence-corrected chi connectivity index (χ0v) is 12.5. The number of hydrogen-bond donors (Lipinski definition) is 3. The topological polar surface area (TPSA) is 87.1 Å². The fourth-order valence-electron chi connectivity index (χ4n) is 1.44. The van der Waals surface area contributed by atoms with Crippen LogP contribution in [0.15, 0.2) is 17.5 Å². The SMILES string of the molecule is C[C@](O)(CNC(=O)Nc1nnc(C(F)F)s1)c1cccs1. The van der Waals surface area contributed by atoms with Crippen molar-refractivity contribution in [2.45, 2.75) is 19.0 Å². The number of hydrogen-bond acceptors (Lipinski definition) is 6. The lowest BCUT2D eigenvalue weighted by Gasteiger charge is -2.22. The standard InChI is InChI=1S/C11H12F2N4O2S2/c1-11(19,6-3-2-4-20-6)5-14-9(18)15-10-17-16-8(21-10)7(12)13/h2-4,7,19H,5H2,1H3,(H2,14,15,17,18)/t11-/m0/s1. The zero-order chi connectivity index (χ0) is 15.5. The number of thiophene rings is 1. The number of anilines is 1. The van der Waals surface area contributed by atoms with Gasteiger partial charge in [-0.2, -0.15) is 0 Å². The van der Waals surface area contributed by atoms with Crippen LogP contribution in [0.25, 0.3) is 0 Å². The van der Waals surface area contributed by atoms with Crippen LogP contribution in [0.4, 0.5) is 18.7 Å². The second-order valence-electron chi connectivity index (χ2n) is 4.30. The lowest BCUT2D eigenvalue weighted by Crippen LogP contribution is -2.40. The highest BCUT2D eigenvalue weighted by molar-refractivity contribution is 7.15. The summed E-state index contributed by atoms with van der Waals surface area (Å²) >= 11 is 1.96. The van der Waals surface area contributed by atoms with Gasteiger partial charge < -0.3 is 10.4 Å². The first kappa shape index (κ1) is 15.7. The van der Waals surface area contributed by atoms with Crippen molar-refractivity contribution in [3.8, 4) is 0 Å². The van der Waals surface area contributed by atoms with E-state index in [4.69, 9.17) is 0 Å². The predicted octanol–water partition coefficient (Wildman–Crippen LogP) is 2.57. The molecule has 0 unspecified atom stereocenters. The van der Waals surface area contributed by atoms with Crippen molar-refractivity contribution in [1.82, 2.24) is 15.5 Å². The summed E-state index contributed by atoms with van der Waals surface area (Å²) in [4.78, 5) is 12.3. The van der Waals surface area contributed by atoms with E-state index in [1.165, 1.54) is 11.3 Å². The average molecular weight is 334 g/mol. The molecule has 21 heavy (non-hydrogen) atoms. The summed E-state index contributed by atoms with van der Waals surface area (Å²) in [6.07, 6.45) is -2.72. The summed E-state index contributed by atoms with van der Waals surface area (Å²) in [5.74, 6) is 0. The van der Waals surface area contributed by atoms with Gasteiger partial charge in [-0.05, 0) is 18.4 Å². The Bertz CT molecular complexity index is 601. The second-order valence-corrected chi connectivity index (χ2v) is 6.26. The molecule has 2 rings (SSSR count). The van der Waals surface area contributed by atoms with Crippen molar-refractivity contribution < 1.29 is 18.7 Å². The third-order valence-corrected chi connectivity index (χ3v) is 4.46. The summed E-state index contributed by atoms with van der Waals surface area (Å²) in [7, 11) is 0. The fourth-order valence-corrected chi connectivity index (χ4v) is 2.82. The first-order valence-electron chi connectivity index (χ1n) is 5.81. The monoisotopic (exact) mass is 334 g/mol. The van der Waals surface area contributed by atoms with Gasteiger partial charge in [0.15, 0.2) is 5.01 Å². The third-order valence-electron chi connectivity index (χ3n) is 2.49. The number of urea groups is 1. The Kier molecular flexibility index (Phi) is 4.80. The highest BCUT2D eigenvalue weighted by Crippen LogP contribution is 2.26. The zero-order valence-electron chi connectivity index (χ0n) is 10.8.